The minimum atomic E-state index is 0.0230. The molecule has 0 amide bonds. The lowest BCUT2D eigenvalue weighted by Gasteiger charge is -2.08. The standard InChI is InChI=1S/C14H12BrClO3S/c1-18-11-4-3-8(6-12(11)19-2)5-10(17)13-7-9(15)14(16)20-13/h3-4,6-7H,5H2,1-2H3. The summed E-state index contributed by atoms with van der Waals surface area (Å²) in [7, 11) is 3.15. The van der Waals surface area contributed by atoms with Crippen molar-refractivity contribution in [3.63, 3.8) is 0 Å². The summed E-state index contributed by atoms with van der Waals surface area (Å²) in [5.74, 6) is 1.28. The molecule has 1 aromatic heterocycles. The average Bonchev–Trinajstić information content (AvgIpc) is 2.78. The molecule has 20 heavy (non-hydrogen) atoms. The van der Waals surface area contributed by atoms with Crippen LogP contribution in [0, 0.1) is 0 Å². The molecule has 2 aromatic rings. The van der Waals surface area contributed by atoms with Crippen LogP contribution in [-0.4, -0.2) is 20.0 Å². The molecule has 0 bridgehead atoms. The highest BCUT2D eigenvalue weighted by atomic mass is 79.9. The van der Waals surface area contributed by atoms with E-state index in [4.69, 9.17) is 21.1 Å². The van der Waals surface area contributed by atoms with Crippen molar-refractivity contribution in [1.82, 2.24) is 0 Å². The minimum absolute atomic E-state index is 0.0230. The topological polar surface area (TPSA) is 35.5 Å². The van der Waals surface area contributed by atoms with Crippen molar-refractivity contribution in [2.75, 3.05) is 14.2 Å². The number of ether oxygens (including phenoxy) is 2. The first-order valence-corrected chi connectivity index (χ1v) is 7.73. The lowest BCUT2D eigenvalue weighted by molar-refractivity contribution is 0.0996. The summed E-state index contributed by atoms with van der Waals surface area (Å²) in [4.78, 5) is 12.8. The highest BCUT2D eigenvalue weighted by Gasteiger charge is 2.14. The van der Waals surface area contributed by atoms with Gasteiger partial charge in [-0.05, 0) is 39.7 Å². The van der Waals surface area contributed by atoms with E-state index < -0.39 is 0 Å². The largest absolute Gasteiger partial charge is 0.493 e. The van der Waals surface area contributed by atoms with Gasteiger partial charge in [-0.2, -0.15) is 0 Å². The smallest absolute Gasteiger partial charge is 0.177 e. The fourth-order valence-corrected chi connectivity index (χ4v) is 3.39. The number of hydrogen-bond acceptors (Lipinski definition) is 4. The van der Waals surface area contributed by atoms with E-state index in [-0.39, 0.29) is 5.78 Å². The highest BCUT2D eigenvalue weighted by molar-refractivity contribution is 9.10. The first-order chi connectivity index (χ1) is 9.55. The van der Waals surface area contributed by atoms with Gasteiger partial charge in [0.05, 0.1) is 19.1 Å². The molecule has 0 aliphatic rings. The molecule has 6 heteroatoms. The number of carbonyl (C=O) groups is 1. The maximum Gasteiger partial charge on any atom is 0.177 e. The van der Waals surface area contributed by atoms with E-state index in [1.54, 1.807) is 32.4 Å². The van der Waals surface area contributed by atoms with Gasteiger partial charge in [-0.3, -0.25) is 4.79 Å². The monoisotopic (exact) mass is 374 g/mol. The van der Waals surface area contributed by atoms with Gasteiger partial charge in [-0.15, -0.1) is 11.3 Å². The first-order valence-electron chi connectivity index (χ1n) is 5.74. The molecule has 0 unspecified atom stereocenters. The van der Waals surface area contributed by atoms with E-state index in [9.17, 15) is 4.79 Å². The van der Waals surface area contributed by atoms with Gasteiger partial charge >= 0.3 is 0 Å². The van der Waals surface area contributed by atoms with Crippen molar-refractivity contribution in [3.05, 3.63) is 43.5 Å². The SMILES string of the molecule is COc1ccc(CC(=O)c2cc(Br)c(Cl)s2)cc1OC. The van der Waals surface area contributed by atoms with Crippen LogP contribution >= 0.6 is 38.9 Å². The Morgan fingerprint density at radius 3 is 2.50 bits per heavy atom. The zero-order valence-corrected chi connectivity index (χ0v) is 14.1. The zero-order valence-electron chi connectivity index (χ0n) is 10.9. The summed E-state index contributed by atoms with van der Waals surface area (Å²) in [5.41, 5.74) is 0.869. The molecule has 0 saturated heterocycles. The summed E-state index contributed by atoms with van der Waals surface area (Å²) < 4.78 is 11.7. The molecule has 0 atom stereocenters. The number of carbonyl (C=O) groups excluding carboxylic acids is 1. The van der Waals surface area contributed by atoms with Gasteiger partial charge in [0.15, 0.2) is 17.3 Å². The Balaban J connectivity index is 2.19. The second kappa shape index (κ2) is 6.61. The van der Waals surface area contributed by atoms with Crippen molar-refractivity contribution < 1.29 is 14.3 Å². The molecule has 0 spiro atoms. The van der Waals surface area contributed by atoms with Crippen molar-refractivity contribution in [2.45, 2.75) is 6.42 Å². The van der Waals surface area contributed by atoms with Crippen LogP contribution in [0.25, 0.3) is 0 Å². The van der Waals surface area contributed by atoms with Crippen LogP contribution in [0.1, 0.15) is 15.2 Å². The van der Waals surface area contributed by atoms with Gasteiger partial charge in [0.2, 0.25) is 0 Å². The van der Waals surface area contributed by atoms with Gasteiger partial charge in [0.1, 0.15) is 4.34 Å². The molecule has 0 fully saturated rings. The Hall–Kier alpha value is -1.04. The lowest BCUT2D eigenvalue weighted by Crippen LogP contribution is -2.02. The Labute approximate surface area is 134 Å². The van der Waals surface area contributed by atoms with Crippen molar-refractivity contribution in [3.8, 4) is 11.5 Å². The number of halogens is 2. The van der Waals surface area contributed by atoms with Gasteiger partial charge < -0.3 is 9.47 Å². The maximum atomic E-state index is 12.2. The fourth-order valence-electron chi connectivity index (χ4n) is 1.75. The Morgan fingerprint density at radius 1 is 1.25 bits per heavy atom. The lowest BCUT2D eigenvalue weighted by atomic mass is 10.1. The summed E-state index contributed by atoms with van der Waals surface area (Å²) in [6.07, 6.45) is 0.295. The number of ketones is 1. The Bertz CT molecular complexity index is 620. The average molecular weight is 376 g/mol. The molecule has 3 nitrogen and oxygen atoms in total. The third-order valence-corrected chi connectivity index (χ3v) is 5.25. The van der Waals surface area contributed by atoms with E-state index >= 15 is 0 Å². The number of methoxy groups -OCH3 is 2. The molecule has 106 valence electrons. The van der Waals surface area contributed by atoms with Gasteiger partial charge in [-0.1, -0.05) is 17.7 Å². The molecule has 0 radical (unpaired) electrons. The van der Waals surface area contributed by atoms with Crippen LogP contribution in [0.2, 0.25) is 4.34 Å². The normalized spacial score (nSPS) is 10.4. The van der Waals surface area contributed by atoms with E-state index in [0.717, 1.165) is 10.0 Å². The van der Waals surface area contributed by atoms with Crippen molar-refractivity contribution in [2.24, 2.45) is 0 Å². The molecule has 2 rings (SSSR count). The van der Waals surface area contributed by atoms with Crippen LogP contribution in [0.15, 0.2) is 28.7 Å². The van der Waals surface area contributed by atoms with Crippen LogP contribution in [0.4, 0.5) is 0 Å². The predicted molar refractivity (Wildman–Crippen MR) is 84.6 cm³/mol. The van der Waals surface area contributed by atoms with Crippen molar-refractivity contribution in [1.29, 1.82) is 0 Å². The van der Waals surface area contributed by atoms with E-state index in [1.165, 1.54) is 11.3 Å². The molecular weight excluding hydrogens is 364 g/mol. The molecule has 1 heterocycles. The summed E-state index contributed by atoms with van der Waals surface area (Å²) in [6.45, 7) is 0. The Kier molecular flexibility index (Phi) is 5.07. The number of rotatable bonds is 5. The minimum Gasteiger partial charge on any atom is -0.493 e. The Morgan fingerprint density at radius 2 is 1.95 bits per heavy atom. The molecular formula is C14H12BrClO3S. The maximum absolute atomic E-state index is 12.2. The number of hydrogen-bond donors (Lipinski definition) is 0. The zero-order chi connectivity index (χ0) is 14.7. The van der Waals surface area contributed by atoms with Gasteiger partial charge in [-0.25, -0.2) is 0 Å². The van der Waals surface area contributed by atoms with Crippen LogP contribution in [0.3, 0.4) is 0 Å². The quantitative estimate of drug-likeness (QED) is 0.716. The van der Waals surface area contributed by atoms with Crippen LogP contribution in [0.5, 0.6) is 11.5 Å². The first kappa shape index (κ1) is 15.4. The van der Waals surface area contributed by atoms with E-state index in [1.807, 2.05) is 6.07 Å². The van der Waals surface area contributed by atoms with Crippen LogP contribution in [-0.2, 0) is 6.42 Å². The third kappa shape index (κ3) is 3.34. The second-order valence-electron chi connectivity index (χ2n) is 4.02. The summed E-state index contributed by atoms with van der Waals surface area (Å²) in [6, 6.07) is 7.19. The molecule has 1 aromatic carbocycles. The fraction of sp³-hybridized carbons (Fsp3) is 0.214. The molecule has 0 saturated carbocycles. The van der Waals surface area contributed by atoms with Gasteiger partial charge in [0.25, 0.3) is 0 Å². The third-order valence-electron chi connectivity index (χ3n) is 2.73. The predicted octanol–water partition coefficient (Wildman–Crippen LogP) is 4.61. The second-order valence-corrected chi connectivity index (χ2v) is 6.53. The number of benzene rings is 1. The molecule has 0 aliphatic carbocycles. The number of thiophene rings is 1. The summed E-state index contributed by atoms with van der Waals surface area (Å²) >= 11 is 10.5. The van der Waals surface area contributed by atoms with Gasteiger partial charge in [0, 0.05) is 10.9 Å². The summed E-state index contributed by atoms with van der Waals surface area (Å²) in [5, 5.41) is 0. The van der Waals surface area contributed by atoms with E-state index in [2.05, 4.69) is 15.9 Å². The number of Topliss-reactive ketones (excluding diaryl/α,β-unsaturated/α-hetero) is 1. The van der Waals surface area contributed by atoms with Crippen molar-refractivity contribution >= 4 is 44.7 Å². The molecule has 0 aliphatic heterocycles. The molecule has 0 N–H and O–H groups in total. The highest BCUT2D eigenvalue weighted by Crippen LogP contribution is 2.33. The van der Waals surface area contributed by atoms with Crippen LogP contribution < -0.4 is 9.47 Å². The van der Waals surface area contributed by atoms with E-state index in [0.29, 0.717) is 27.1 Å².